The van der Waals surface area contributed by atoms with E-state index in [0.29, 0.717) is 32.5 Å². The number of hydrogen-bond donors (Lipinski definition) is 0. The van der Waals surface area contributed by atoms with Crippen LogP contribution in [0.3, 0.4) is 0 Å². The van der Waals surface area contributed by atoms with E-state index in [1.165, 1.54) is 10.6 Å². The quantitative estimate of drug-likeness (QED) is 0.779. The van der Waals surface area contributed by atoms with Crippen LogP contribution in [0.5, 0.6) is 0 Å². The predicted molar refractivity (Wildman–Crippen MR) is 99.1 cm³/mol. The summed E-state index contributed by atoms with van der Waals surface area (Å²) in [4.78, 5) is 28.6. The van der Waals surface area contributed by atoms with Gasteiger partial charge in [0.1, 0.15) is 0 Å². The lowest BCUT2D eigenvalue weighted by Crippen LogP contribution is -2.48. The van der Waals surface area contributed by atoms with Gasteiger partial charge in [0.05, 0.1) is 12.2 Å². The molecule has 0 spiro atoms. The van der Waals surface area contributed by atoms with Crippen molar-refractivity contribution in [3.63, 3.8) is 0 Å². The molecule has 2 heterocycles. The molecular weight excluding hydrogens is 354 g/mol. The number of carbonyl (C=O) groups is 2. The fraction of sp³-hybridized carbons (Fsp3) is 0.556. The molecule has 2 aliphatic heterocycles. The summed E-state index contributed by atoms with van der Waals surface area (Å²) in [6.45, 7) is 1.46. The van der Waals surface area contributed by atoms with E-state index in [1.54, 1.807) is 16.8 Å². The van der Waals surface area contributed by atoms with Crippen molar-refractivity contribution in [3.05, 3.63) is 30.3 Å². The molecule has 0 radical (unpaired) electrons. The van der Waals surface area contributed by atoms with E-state index < -0.39 is 10.0 Å². The zero-order valence-corrected chi connectivity index (χ0v) is 16.0. The molecule has 2 amide bonds. The summed E-state index contributed by atoms with van der Waals surface area (Å²) in [7, 11) is -1.63. The lowest BCUT2D eigenvalue weighted by molar-refractivity contribution is -0.137. The van der Waals surface area contributed by atoms with E-state index in [0.717, 1.165) is 5.69 Å². The van der Waals surface area contributed by atoms with E-state index in [4.69, 9.17) is 0 Å². The van der Waals surface area contributed by atoms with Gasteiger partial charge in [-0.25, -0.2) is 12.7 Å². The zero-order valence-electron chi connectivity index (χ0n) is 15.2. The van der Waals surface area contributed by atoms with Crippen LogP contribution in [0.2, 0.25) is 0 Å². The van der Waals surface area contributed by atoms with Crippen molar-refractivity contribution in [1.82, 2.24) is 9.21 Å². The molecule has 1 aromatic carbocycles. The maximum Gasteiger partial charge on any atom is 0.228 e. The molecule has 0 aromatic heterocycles. The van der Waals surface area contributed by atoms with E-state index >= 15 is 0 Å². The maximum atomic E-state index is 12.8. The van der Waals surface area contributed by atoms with Gasteiger partial charge in [0, 0.05) is 44.8 Å². The second-order valence-electron chi connectivity index (χ2n) is 7.08. The van der Waals surface area contributed by atoms with Crippen LogP contribution in [0.15, 0.2) is 30.3 Å². The van der Waals surface area contributed by atoms with Crippen molar-refractivity contribution < 1.29 is 18.0 Å². The van der Waals surface area contributed by atoms with Crippen molar-refractivity contribution in [3.8, 4) is 0 Å². The average molecular weight is 379 g/mol. The predicted octanol–water partition coefficient (Wildman–Crippen LogP) is 0.922. The van der Waals surface area contributed by atoms with Crippen LogP contribution in [-0.4, -0.2) is 68.4 Å². The van der Waals surface area contributed by atoms with Gasteiger partial charge in [-0.15, -0.1) is 0 Å². The fourth-order valence-corrected chi connectivity index (χ4v) is 4.46. The van der Waals surface area contributed by atoms with Crippen LogP contribution in [0.25, 0.3) is 0 Å². The maximum absolute atomic E-state index is 12.8. The molecule has 2 saturated heterocycles. The van der Waals surface area contributed by atoms with Gasteiger partial charge in [-0.1, -0.05) is 18.2 Å². The summed E-state index contributed by atoms with van der Waals surface area (Å²) in [6.07, 6.45) is 2.68. The molecule has 3 rings (SSSR count). The van der Waals surface area contributed by atoms with Gasteiger partial charge in [-0.3, -0.25) is 9.59 Å². The molecule has 0 N–H and O–H groups in total. The molecule has 2 fully saturated rings. The lowest BCUT2D eigenvalue weighted by atomic mass is 10.0. The minimum atomic E-state index is -3.22. The highest BCUT2D eigenvalue weighted by molar-refractivity contribution is 7.88. The first-order valence-electron chi connectivity index (χ1n) is 8.84. The molecule has 0 saturated carbocycles. The molecule has 0 aliphatic carbocycles. The number of amides is 2. The summed E-state index contributed by atoms with van der Waals surface area (Å²) in [5, 5.41) is 0. The molecule has 26 heavy (non-hydrogen) atoms. The Hall–Kier alpha value is -1.93. The topological polar surface area (TPSA) is 78.0 Å². The Bertz CT molecular complexity index is 773. The van der Waals surface area contributed by atoms with Crippen molar-refractivity contribution in [2.75, 3.05) is 37.8 Å². The molecule has 2 aliphatic rings. The van der Waals surface area contributed by atoms with Gasteiger partial charge in [-0.05, 0) is 25.0 Å². The smallest absolute Gasteiger partial charge is 0.228 e. The molecule has 7 nitrogen and oxygen atoms in total. The number of benzene rings is 1. The van der Waals surface area contributed by atoms with E-state index in [-0.39, 0.29) is 30.2 Å². The van der Waals surface area contributed by atoms with Crippen molar-refractivity contribution in [2.45, 2.75) is 25.3 Å². The average Bonchev–Trinajstić information content (AvgIpc) is 3.02. The number of likely N-dealkylation sites (tertiary alicyclic amines) is 1. The molecule has 1 unspecified atom stereocenters. The van der Waals surface area contributed by atoms with Crippen LogP contribution in [0.1, 0.15) is 19.3 Å². The van der Waals surface area contributed by atoms with Crippen LogP contribution < -0.4 is 4.90 Å². The van der Waals surface area contributed by atoms with E-state index in [9.17, 15) is 18.0 Å². The summed E-state index contributed by atoms with van der Waals surface area (Å²) in [5.74, 6) is -0.356. The van der Waals surface area contributed by atoms with Gasteiger partial charge in [0.2, 0.25) is 21.8 Å². The van der Waals surface area contributed by atoms with Gasteiger partial charge in [0.25, 0.3) is 0 Å². The Morgan fingerprint density at radius 1 is 1.15 bits per heavy atom. The number of piperidine rings is 1. The van der Waals surface area contributed by atoms with Crippen LogP contribution in [0.4, 0.5) is 5.69 Å². The minimum Gasteiger partial charge on any atom is -0.342 e. The third kappa shape index (κ3) is 3.91. The molecule has 142 valence electrons. The van der Waals surface area contributed by atoms with Crippen LogP contribution in [0, 0.1) is 5.92 Å². The number of para-hydroxylation sites is 1. The summed E-state index contributed by atoms with van der Waals surface area (Å²) in [6, 6.07) is 9.32. The Balaban J connectivity index is 1.59. The van der Waals surface area contributed by atoms with Crippen molar-refractivity contribution in [2.24, 2.45) is 5.92 Å². The molecule has 1 aromatic rings. The number of rotatable bonds is 4. The molecule has 8 heteroatoms. The SMILES string of the molecule is CN(C1CCN(C(=O)C2CC(=O)N(c3ccccc3)C2)CC1)S(C)(=O)=O. The highest BCUT2D eigenvalue weighted by Gasteiger charge is 2.38. The summed E-state index contributed by atoms with van der Waals surface area (Å²) in [5.41, 5.74) is 0.821. The van der Waals surface area contributed by atoms with Gasteiger partial charge in [0.15, 0.2) is 0 Å². The highest BCUT2D eigenvalue weighted by atomic mass is 32.2. The van der Waals surface area contributed by atoms with Gasteiger partial charge >= 0.3 is 0 Å². The first-order valence-corrected chi connectivity index (χ1v) is 10.7. The standard InChI is InChI=1S/C18H25N3O4S/c1-19(26(2,24)25)15-8-10-20(11-9-15)18(23)14-12-17(22)21(13-14)16-6-4-3-5-7-16/h3-7,14-15H,8-13H2,1-2H3. The lowest BCUT2D eigenvalue weighted by Gasteiger charge is -2.36. The largest absolute Gasteiger partial charge is 0.342 e. The second kappa shape index (κ2) is 7.36. The second-order valence-corrected chi connectivity index (χ2v) is 9.12. The van der Waals surface area contributed by atoms with E-state index in [2.05, 4.69) is 0 Å². The third-order valence-corrected chi connectivity index (χ3v) is 6.70. The number of anilines is 1. The number of hydrogen-bond acceptors (Lipinski definition) is 4. The number of carbonyl (C=O) groups excluding carboxylic acids is 2. The third-order valence-electron chi connectivity index (χ3n) is 5.36. The normalized spacial score (nSPS) is 22.3. The summed E-state index contributed by atoms with van der Waals surface area (Å²) >= 11 is 0. The van der Waals surface area contributed by atoms with E-state index in [1.807, 2.05) is 30.3 Å². The van der Waals surface area contributed by atoms with Crippen LogP contribution in [-0.2, 0) is 19.6 Å². The number of nitrogens with zero attached hydrogens (tertiary/aromatic N) is 3. The molecule has 0 bridgehead atoms. The Kier molecular flexibility index (Phi) is 5.34. The fourth-order valence-electron chi connectivity index (χ4n) is 3.71. The Labute approximate surface area is 154 Å². The van der Waals surface area contributed by atoms with Crippen molar-refractivity contribution in [1.29, 1.82) is 0 Å². The van der Waals surface area contributed by atoms with Gasteiger partial charge in [-0.2, -0.15) is 0 Å². The summed E-state index contributed by atoms with van der Waals surface area (Å²) < 4.78 is 24.7. The first-order chi connectivity index (χ1) is 12.3. The Morgan fingerprint density at radius 2 is 1.77 bits per heavy atom. The highest BCUT2D eigenvalue weighted by Crippen LogP contribution is 2.27. The number of sulfonamides is 1. The first kappa shape index (κ1) is 18.8. The van der Waals surface area contributed by atoms with Crippen molar-refractivity contribution >= 4 is 27.5 Å². The van der Waals surface area contributed by atoms with Crippen LogP contribution >= 0.6 is 0 Å². The van der Waals surface area contributed by atoms with Gasteiger partial charge < -0.3 is 9.80 Å². The molecule has 1 atom stereocenters. The minimum absolute atomic E-state index is 0.00256. The zero-order chi connectivity index (χ0) is 18.9. The monoisotopic (exact) mass is 379 g/mol. The Morgan fingerprint density at radius 3 is 2.35 bits per heavy atom. The molecular formula is C18H25N3O4S.